The summed E-state index contributed by atoms with van der Waals surface area (Å²) >= 11 is 3.64. The average molecular weight is 422 g/mol. The largest absolute Gasteiger partial charge is 0.490 e. The molecule has 2 aromatic carbocycles. The van der Waals surface area contributed by atoms with Crippen LogP contribution in [0.5, 0.6) is 11.5 Å². The van der Waals surface area contributed by atoms with Crippen molar-refractivity contribution in [2.45, 2.75) is 33.4 Å². The van der Waals surface area contributed by atoms with Gasteiger partial charge >= 0.3 is 0 Å². The zero-order valence-corrected chi connectivity index (χ0v) is 17.4. The molecule has 0 bridgehead atoms. The minimum absolute atomic E-state index is 0.514. The molecule has 0 aliphatic rings. The maximum absolute atomic E-state index is 6.09. The van der Waals surface area contributed by atoms with Crippen molar-refractivity contribution in [3.8, 4) is 11.5 Å². The summed E-state index contributed by atoms with van der Waals surface area (Å²) in [4.78, 5) is 0. The van der Waals surface area contributed by atoms with E-state index in [1.165, 1.54) is 11.1 Å². The molecule has 1 N–H and O–H groups in total. The summed E-state index contributed by atoms with van der Waals surface area (Å²) < 4.78 is 17.9. The van der Waals surface area contributed by atoms with Crippen LogP contribution in [0.4, 0.5) is 0 Å². The zero-order chi connectivity index (χ0) is 18.8. The van der Waals surface area contributed by atoms with E-state index >= 15 is 0 Å². The molecule has 0 radical (unpaired) electrons. The summed E-state index contributed by atoms with van der Waals surface area (Å²) in [5.74, 6) is 1.52. The second-order valence-electron chi connectivity index (χ2n) is 6.08. The normalized spacial score (nSPS) is 10.8. The van der Waals surface area contributed by atoms with Gasteiger partial charge in [0.1, 0.15) is 6.61 Å². The van der Waals surface area contributed by atoms with Crippen molar-refractivity contribution >= 4 is 15.9 Å². The smallest absolute Gasteiger partial charge is 0.175 e. The highest BCUT2D eigenvalue weighted by molar-refractivity contribution is 9.10. The van der Waals surface area contributed by atoms with Crippen LogP contribution in [0.1, 0.15) is 30.0 Å². The predicted molar refractivity (Wildman–Crippen MR) is 109 cm³/mol. The molecule has 0 heterocycles. The van der Waals surface area contributed by atoms with Crippen molar-refractivity contribution in [1.82, 2.24) is 5.32 Å². The van der Waals surface area contributed by atoms with Crippen molar-refractivity contribution in [3.05, 3.63) is 57.6 Å². The van der Waals surface area contributed by atoms with Gasteiger partial charge in [0.15, 0.2) is 11.5 Å². The van der Waals surface area contributed by atoms with Gasteiger partial charge in [-0.2, -0.15) is 0 Å². The Kier molecular flexibility index (Phi) is 8.95. The Morgan fingerprint density at radius 1 is 1.12 bits per heavy atom. The Bertz CT molecular complexity index is 691. The second-order valence-corrected chi connectivity index (χ2v) is 6.93. The molecule has 0 fully saturated rings. The number of hydrogen-bond acceptors (Lipinski definition) is 4. The van der Waals surface area contributed by atoms with Gasteiger partial charge in [0.2, 0.25) is 0 Å². The van der Waals surface area contributed by atoms with Gasteiger partial charge in [-0.1, -0.05) is 24.3 Å². The maximum Gasteiger partial charge on any atom is 0.175 e. The Labute approximate surface area is 165 Å². The van der Waals surface area contributed by atoms with E-state index in [4.69, 9.17) is 14.2 Å². The van der Waals surface area contributed by atoms with Crippen LogP contribution in [-0.4, -0.2) is 26.9 Å². The molecule has 26 heavy (non-hydrogen) atoms. The fourth-order valence-corrected chi connectivity index (χ4v) is 3.23. The molecular weight excluding hydrogens is 394 g/mol. The summed E-state index contributed by atoms with van der Waals surface area (Å²) in [5, 5.41) is 3.42. The Morgan fingerprint density at radius 2 is 1.92 bits per heavy atom. The van der Waals surface area contributed by atoms with Crippen LogP contribution in [0.15, 0.2) is 40.9 Å². The molecular formula is C21H28BrNO3. The molecule has 0 saturated heterocycles. The van der Waals surface area contributed by atoms with E-state index < -0.39 is 0 Å². The fourth-order valence-electron chi connectivity index (χ4n) is 2.62. The minimum Gasteiger partial charge on any atom is -0.490 e. The van der Waals surface area contributed by atoms with Crippen LogP contribution < -0.4 is 14.8 Å². The highest BCUT2D eigenvalue weighted by atomic mass is 79.9. The third-order valence-corrected chi connectivity index (χ3v) is 4.62. The average Bonchev–Trinajstić information content (AvgIpc) is 2.62. The molecule has 2 rings (SSSR count). The van der Waals surface area contributed by atoms with Crippen molar-refractivity contribution in [3.63, 3.8) is 0 Å². The van der Waals surface area contributed by atoms with Crippen LogP contribution in [-0.2, 0) is 17.9 Å². The molecule has 0 saturated carbocycles. The van der Waals surface area contributed by atoms with Gasteiger partial charge in [0, 0.05) is 20.3 Å². The van der Waals surface area contributed by atoms with Crippen LogP contribution in [0.2, 0.25) is 0 Å². The first-order chi connectivity index (χ1) is 12.7. The van der Waals surface area contributed by atoms with E-state index in [0.717, 1.165) is 47.7 Å². The molecule has 0 atom stereocenters. The number of aryl methyl sites for hydroxylation is 1. The third kappa shape index (κ3) is 6.31. The minimum atomic E-state index is 0.514. The van der Waals surface area contributed by atoms with Crippen molar-refractivity contribution in [2.75, 3.05) is 26.9 Å². The number of halogens is 1. The first-order valence-electron chi connectivity index (χ1n) is 8.97. The van der Waals surface area contributed by atoms with Gasteiger partial charge in [-0.05, 0) is 71.6 Å². The molecule has 5 heteroatoms. The van der Waals surface area contributed by atoms with E-state index in [1.807, 2.05) is 25.1 Å². The standard InChI is InChI=1S/C21H28BrNO3/c1-4-25-20-13-17(14-23-10-7-11-24-3)12-19(22)21(20)26-15-18-9-6-5-8-16(18)2/h5-6,8-9,12-13,23H,4,7,10-11,14-15H2,1-3H3. The van der Waals surface area contributed by atoms with E-state index in [0.29, 0.717) is 13.2 Å². The summed E-state index contributed by atoms with van der Waals surface area (Å²) in [6.07, 6.45) is 0.994. The SMILES string of the molecule is CCOc1cc(CNCCCOC)cc(Br)c1OCc1ccccc1C. The number of benzene rings is 2. The first kappa shape index (κ1) is 20.7. The Hall–Kier alpha value is -1.56. The number of nitrogens with one attached hydrogen (secondary N) is 1. The van der Waals surface area contributed by atoms with E-state index in [-0.39, 0.29) is 0 Å². The maximum atomic E-state index is 6.09. The predicted octanol–water partition coefficient (Wildman–Crippen LogP) is 4.86. The molecule has 0 aliphatic heterocycles. The molecule has 0 spiro atoms. The van der Waals surface area contributed by atoms with E-state index in [2.05, 4.69) is 46.4 Å². The summed E-state index contributed by atoms with van der Waals surface area (Å²) in [7, 11) is 1.72. The van der Waals surface area contributed by atoms with Crippen LogP contribution in [0, 0.1) is 6.92 Å². The lowest BCUT2D eigenvalue weighted by Gasteiger charge is -2.16. The van der Waals surface area contributed by atoms with Gasteiger partial charge in [-0.15, -0.1) is 0 Å². The Balaban J connectivity index is 2.06. The molecule has 0 aromatic heterocycles. The topological polar surface area (TPSA) is 39.7 Å². The first-order valence-corrected chi connectivity index (χ1v) is 9.77. The van der Waals surface area contributed by atoms with Crippen LogP contribution in [0.3, 0.4) is 0 Å². The second kappa shape index (κ2) is 11.2. The molecule has 142 valence electrons. The van der Waals surface area contributed by atoms with Crippen LogP contribution in [0.25, 0.3) is 0 Å². The van der Waals surface area contributed by atoms with Gasteiger partial charge in [0.05, 0.1) is 11.1 Å². The number of rotatable bonds is 11. The number of methoxy groups -OCH3 is 1. The van der Waals surface area contributed by atoms with Crippen LogP contribution >= 0.6 is 15.9 Å². The van der Waals surface area contributed by atoms with Crippen molar-refractivity contribution < 1.29 is 14.2 Å². The lowest BCUT2D eigenvalue weighted by molar-refractivity contribution is 0.194. The Morgan fingerprint density at radius 3 is 2.65 bits per heavy atom. The molecule has 2 aromatic rings. The van der Waals surface area contributed by atoms with Crippen molar-refractivity contribution in [2.24, 2.45) is 0 Å². The summed E-state index contributed by atoms with van der Waals surface area (Å²) in [6, 6.07) is 12.4. The fraction of sp³-hybridized carbons (Fsp3) is 0.429. The molecule has 0 unspecified atom stereocenters. The van der Waals surface area contributed by atoms with Gasteiger partial charge in [-0.25, -0.2) is 0 Å². The molecule has 0 aliphatic carbocycles. The monoisotopic (exact) mass is 421 g/mol. The molecule has 4 nitrogen and oxygen atoms in total. The van der Waals surface area contributed by atoms with E-state index in [1.54, 1.807) is 7.11 Å². The van der Waals surface area contributed by atoms with Gasteiger partial charge in [0.25, 0.3) is 0 Å². The third-order valence-electron chi connectivity index (χ3n) is 4.03. The van der Waals surface area contributed by atoms with E-state index in [9.17, 15) is 0 Å². The molecule has 0 amide bonds. The summed E-state index contributed by atoms with van der Waals surface area (Å²) in [6.45, 7) is 7.65. The van der Waals surface area contributed by atoms with Crippen molar-refractivity contribution in [1.29, 1.82) is 0 Å². The number of hydrogen-bond donors (Lipinski definition) is 1. The number of ether oxygens (including phenoxy) is 3. The highest BCUT2D eigenvalue weighted by Crippen LogP contribution is 2.37. The highest BCUT2D eigenvalue weighted by Gasteiger charge is 2.13. The quantitative estimate of drug-likeness (QED) is 0.525. The van der Waals surface area contributed by atoms with Gasteiger partial charge < -0.3 is 19.5 Å². The summed E-state index contributed by atoms with van der Waals surface area (Å²) in [5.41, 5.74) is 3.55. The van der Waals surface area contributed by atoms with Gasteiger partial charge in [-0.3, -0.25) is 0 Å². The lowest BCUT2D eigenvalue weighted by Crippen LogP contribution is -2.16. The lowest BCUT2D eigenvalue weighted by atomic mass is 10.1. The zero-order valence-electron chi connectivity index (χ0n) is 15.8.